The molecule has 1 saturated heterocycles. The highest BCUT2D eigenvalue weighted by Crippen LogP contribution is 2.13. The van der Waals surface area contributed by atoms with Crippen molar-refractivity contribution >= 4 is 40.8 Å². The largest absolute Gasteiger partial charge is 0.466 e. The van der Waals surface area contributed by atoms with E-state index in [4.69, 9.17) is 21.7 Å². The average Bonchev–Trinajstić information content (AvgIpc) is 3.38. The number of esters is 1. The molecule has 35 heavy (non-hydrogen) atoms. The predicted molar refractivity (Wildman–Crippen MR) is 137 cm³/mol. The summed E-state index contributed by atoms with van der Waals surface area (Å²) in [6.07, 6.45) is 3.51. The van der Waals surface area contributed by atoms with E-state index in [2.05, 4.69) is 16.0 Å². The van der Waals surface area contributed by atoms with Gasteiger partial charge in [0.25, 0.3) is 5.91 Å². The van der Waals surface area contributed by atoms with Gasteiger partial charge in [0, 0.05) is 30.8 Å². The number of hydrogen-bond acceptors (Lipinski definition) is 6. The van der Waals surface area contributed by atoms with Crippen LogP contribution < -0.4 is 16.0 Å². The van der Waals surface area contributed by atoms with E-state index in [0.29, 0.717) is 24.4 Å². The normalized spacial score (nSPS) is 14.7. The van der Waals surface area contributed by atoms with E-state index in [1.807, 2.05) is 30.3 Å². The standard InChI is InChI=1S/C26H31N3O5S/c30-23(13-14-24(31)34-16-5-9-19-7-2-1-3-8-19)29-26(35)28-21-11-4-10-20(17-21)25(32)27-18-22-12-6-15-33-22/h1-4,7-8,10-11,17,22H,5-6,9,12-16,18H2,(H,27,32)(H2,28,29,30,35). The van der Waals surface area contributed by atoms with E-state index in [0.717, 1.165) is 32.3 Å². The van der Waals surface area contributed by atoms with E-state index in [-0.39, 0.29) is 30.0 Å². The minimum atomic E-state index is -0.422. The second kappa shape index (κ2) is 14.2. The van der Waals surface area contributed by atoms with Crippen molar-refractivity contribution in [3.63, 3.8) is 0 Å². The van der Waals surface area contributed by atoms with Crippen LogP contribution in [0.2, 0.25) is 0 Å². The highest BCUT2D eigenvalue weighted by atomic mass is 32.1. The summed E-state index contributed by atoms with van der Waals surface area (Å²) in [5.41, 5.74) is 2.23. The van der Waals surface area contributed by atoms with E-state index in [9.17, 15) is 14.4 Å². The third-order valence-electron chi connectivity index (χ3n) is 5.42. The Morgan fingerprint density at radius 3 is 2.66 bits per heavy atom. The first kappa shape index (κ1) is 26.3. The zero-order chi connectivity index (χ0) is 24.9. The van der Waals surface area contributed by atoms with Crippen molar-refractivity contribution in [2.45, 2.75) is 44.6 Å². The second-order valence-electron chi connectivity index (χ2n) is 8.24. The topological polar surface area (TPSA) is 106 Å². The second-order valence-corrected chi connectivity index (χ2v) is 8.65. The molecule has 0 radical (unpaired) electrons. The lowest BCUT2D eigenvalue weighted by molar-refractivity contribution is -0.145. The molecular formula is C26H31N3O5S. The highest BCUT2D eigenvalue weighted by Gasteiger charge is 2.17. The minimum Gasteiger partial charge on any atom is -0.466 e. The Morgan fingerprint density at radius 2 is 1.89 bits per heavy atom. The van der Waals surface area contributed by atoms with E-state index in [1.54, 1.807) is 24.3 Å². The van der Waals surface area contributed by atoms with Crippen LogP contribution in [0.1, 0.15) is 48.0 Å². The summed E-state index contributed by atoms with van der Waals surface area (Å²) in [7, 11) is 0. The third kappa shape index (κ3) is 9.84. The van der Waals surface area contributed by atoms with Crippen LogP contribution in [-0.4, -0.2) is 48.8 Å². The van der Waals surface area contributed by atoms with E-state index in [1.165, 1.54) is 5.56 Å². The van der Waals surface area contributed by atoms with Crippen molar-refractivity contribution in [2.75, 3.05) is 25.1 Å². The molecule has 0 saturated carbocycles. The lowest BCUT2D eigenvalue weighted by Gasteiger charge is -2.12. The monoisotopic (exact) mass is 497 g/mol. The maximum Gasteiger partial charge on any atom is 0.306 e. The van der Waals surface area contributed by atoms with Crippen LogP contribution in [0.3, 0.4) is 0 Å². The number of carbonyl (C=O) groups excluding carboxylic acids is 3. The summed E-state index contributed by atoms with van der Waals surface area (Å²) >= 11 is 5.18. The fraction of sp³-hybridized carbons (Fsp3) is 0.385. The van der Waals surface area contributed by atoms with Gasteiger partial charge in [0.15, 0.2) is 5.11 Å². The molecule has 186 valence electrons. The molecule has 1 heterocycles. The first-order valence-corrected chi connectivity index (χ1v) is 12.2. The number of thiocarbonyl (C=S) groups is 1. The van der Waals surface area contributed by atoms with Crippen LogP contribution in [0.5, 0.6) is 0 Å². The molecule has 0 bridgehead atoms. The Bertz CT molecular complexity index is 1010. The molecule has 0 aromatic heterocycles. The molecular weight excluding hydrogens is 466 g/mol. The highest BCUT2D eigenvalue weighted by molar-refractivity contribution is 7.80. The van der Waals surface area contributed by atoms with Crippen LogP contribution >= 0.6 is 12.2 Å². The molecule has 2 aromatic carbocycles. The van der Waals surface area contributed by atoms with Crippen molar-refractivity contribution in [1.82, 2.24) is 10.6 Å². The molecule has 3 rings (SSSR count). The Hall–Kier alpha value is -3.30. The number of carbonyl (C=O) groups is 3. The van der Waals surface area contributed by atoms with Gasteiger partial charge < -0.3 is 25.4 Å². The summed E-state index contributed by atoms with van der Waals surface area (Å²) < 4.78 is 10.7. The van der Waals surface area contributed by atoms with Crippen LogP contribution in [0.25, 0.3) is 0 Å². The number of hydrogen-bond donors (Lipinski definition) is 3. The lowest BCUT2D eigenvalue weighted by Crippen LogP contribution is -2.34. The molecule has 1 aliphatic rings. The van der Waals surface area contributed by atoms with Gasteiger partial charge in [-0.05, 0) is 61.7 Å². The first-order valence-electron chi connectivity index (χ1n) is 11.8. The third-order valence-corrected chi connectivity index (χ3v) is 5.63. The molecule has 1 unspecified atom stereocenters. The van der Waals surface area contributed by atoms with Gasteiger partial charge in [-0.1, -0.05) is 36.4 Å². The number of ether oxygens (including phenoxy) is 2. The van der Waals surface area contributed by atoms with Gasteiger partial charge in [0.05, 0.1) is 19.1 Å². The van der Waals surface area contributed by atoms with Crippen molar-refractivity contribution in [2.24, 2.45) is 0 Å². The zero-order valence-electron chi connectivity index (χ0n) is 19.6. The number of aryl methyl sites for hydroxylation is 1. The Kier molecular flexibility index (Phi) is 10.7. The molecule has 1 aliphatic heterocycles. The molecule has 2 aromatic rings. The molecule has 1 fully saturated rings. The summed E-state index contributed by atoms with van der Waals surface area (Å²) in [5.74, 6) is -1.02. The Balaban J connectivity index is 1.32. The van der Waals surface area contributed by atoms with Gasteiger partial charge in [-0.25, -0.2) is 0 Å². The van der Waals surface area contributed by atoms with Crippen molar-refractivity contribution in [3.8, 4) is 0 Å². The van der Waals surface area contributed by atoms with Gasteiger partial charge >= 0.3 is 5.97 Å². The van der Waals surface area contributed by atoms with Crippen molar-refractivity contribution < 1.29 is 23.9 Å². The molecule has 8 nitrogen and oxygen atoms in total. The zero-order valence-corrected chi connectivity index (χ0v) is 20.4. The van der Waals surface area contributed by atoms with Gasteiger partial charge in [0.2, 0.25) is 5.91 Å². The fourth-order valence-electron chi connectivity index (χ4n) is 3.60. The summed E-state index contributed by atoms with van der Waals surface area (Å²) in [6.45, 7) is 1.52. The SMILES string of the molecule is O=C(CCC(=O)OCCCc1ccccc1)NC(=S)Nc1cccc(C(=O)NCC2CCCO2)c1. The molecule has 3 N–H and O–H groups in total. The molecule has 0 spiro atoms. The van der Waals surface area contributed by atoms with Crippen LogP contribution in [0, 0.1) is 0 Å². The number of nitrogens with one attached hydrogen (secondary N) is 3. The lowest BCUT2D eigenvalue weighted by atomic mass is 10.1. The van der Waals surface area contributed by atoms with Gasteiger partial charge in [-0.2, -0.15) is 0 Å². The van der Waals surface area contributed by atoms with Gasteiger partial charge in [-0.3, -0.25) is 14.4 Å². The quantitative estimate of drug-likeness (QED) is 0.248. The van der Waals surface area contributed by atoms with Crippen LogP contribution in [-0.2, 0) is 25.5 Å². The molecule has 9 heteroatoms. The Morgan fingerprint density at radius 1 is 1.06 bits per heavy atom. The fourth-order valence-corrected chi connectivity index (χ4v) is 3.83. The number of rotatable bonds is 11. The summed E-state index contributed by atoms with van der Waals surface area (Å²) in [4.78, 5) is 36.4. The Labute approximate surface area is 210 Å². The van der Waals surface area contributed by atoms with Crippen molar-refractivity contribution in [1.29, 1.82) is 0 Å². The maximum atomic E-state index is 12.4. The minimum absolute atomic E-state index is 0.0276. The first-order chi connectivity index (χ1) is 17.0. The van der Waals surface area contributed by atoms with E-state index < -0.39 is 11.9 Å². The number of anilines is 1. The maximum absolute atomic E-state index is 12.4. The summed E-state index contributed by atoms with van der Waals surface area (Å²) in [5, 5.41) is 8.38. The van der Waals surface area contributed by atoms with Gasteiger partial charge in [-0.15, -0.1) is 0 Å². The smallest absolute Gasteiger partial charge is 0.306 e. The van der Waals surface area contributed by atoms with Crippen LogP contribution in [0.15, 0.2) is 54.6 Å². The van der Waals surface area contributed by atoms with Crippen molar-refractivity contribution in [3.05, 3.63) is 65.7 Å². The number of amides is 2. The number of benzene rings is 2. The molecule has 0 aliphatic carbocycles. The molecule has 1 atom stereocenters. The summed E-state index contributed by atoms with van der Waals surface area (Å²) in [6, 6.07) is 16.8. The van der Waals surface area contributed by atoms with E-state index >= 15 is 0 Å². The molecule has 2 amide bonds. The predicted octanol–water partition coefficient (Wildman–Crippen LogP) is 3.36. The average molecular weight is 498 g/mol. The van der Waals surface area contributed by atoms with Gasteiger partial charge in [0.1, 0.15) is 0 Å². The van der Waals surface area contributed by atoms with Crippen LogP contribution in [0.4, 0.5) is 5.69 Å².